The van der Waals surface area contributed by atoms with Gasteiger partial charge >= 0.3 is 0 Å². The van der Waals surface area contributed by atoms with E-state index in [4.69, 9.17) is 5.41 Å². The molecular formula is C38H27N2+. The Morgan fingerprint density at radius 2 is 1.12 bits per heavy atom. The highest BCUT2D eigenvalue weighted by atomic mass is 14.7. The predicted octanol–water partition coefficient (Wildman–Crippen LogP) is 8.12. The topological polar surface area (TPSA) is 37.8 Å². The average molecular weight is 512 g/mol. The van der Waals surface area contributed by atoms with E-state index >= 15 is 0 Å². The van der Waals surface area contributed by atoms with Gasteiger partial charge in [0.05, 0.1) is 6.08 Å². The van der Waals surface area contributed by atoms with Gasteiger partial charge in [0.15, 0.2) is 6.20 Å². The maximum Gasteiger partial charge on any atom is 0.216 e. The molecule has 0 amide bonds. The molecule has 0 unspecified atom stereocenters. The zero-order chi connectivity index (χ0) is 26.9. The van der Waals surface area contributed by atoms with Gasteiger partial charge in [-0.25, -0.2) is 4.99 Å². The summed E-state index contributed by atoms with van der Waals surface area (Å²) in [5, 5.41) is 14.9. The van der Waals surface area contributed by atoms with E-state index in [0.717, 1.165) is 16.8 Å². The van der Waals surface area contributed by atoms with Gasteiger partial charge in [-0.15, -0.1) is 0 Å². The summed E-state index contributed by atoms with van der Waals surface area (Å²) in [6, 6.07) is 41.5. The molecule has 0 spiro atoms. The molecule has 40 heavy (non-hydrogen) atoms. The zero-order valence-corrected chi connectivity index (χ0v) is 21.9. The Morgan fingerprint density at radius 3 is 1.70 bits per heavy atom. The second-order valence-electron chi connectivity index (χ2n) is 9.97. The quantitative estimate of drug-likeness (QED) is 0.129. The van der Waals surface area contributed by atoms with E-state index < -0.39 is 0 Å². The van der Waals surface area contributed by atoms with Gasteiger partial charge in [-0.1, -0.05) is 115 Å². The van der Waals surface area contributed by atoms with Gasteiger partial charge in [-0.3, -0.25) is 0 Å². The molecule has 188 valence electrons. The molecule has 2 heteroatoms. The Bertz CT molecular complexity index is 2000. The molecule has 6 aromatic rings. The van der Waals surface area contributed by atoms with Crippen LogP contribution in [0.2, 0.25) is 0 Å². The Hall–Kier alpha value is -5.34. The van der Waals surface area contributed by atoms with Crippen molar-refractivity contribution in [1.82, 2.24) is 0 Å². The highest BCUT2D eigenvalue weighted by molar-refractivity contribution is 6.24. The molecule has 0 saturated carbocycles. The minimum absolute atomic E-state index is 1.05. The second kappa shape index (κ2) is 10.1. The van der Waals surface area contributed by atoms with Gasteiger partial charge in [-0.2, -0.15) is 0 Å². The standard InChI is InChI=1S/C38H26N2/c39-23-10-13-28(36-22-24-40-36)25-27-20-21-35(30-15-5-4-14-29(27)30)38-33-18-8-6-16-31(33)37(26-11-2-1-3-12-26)32-17-7-9-19-34(32)38/h1-25,39H/p+1/b13-10-,28-25-,39-23?. The van der Waals surface area contributed by atoms with Crippen molar-refractivity contribution in [2.45, 2.75) is 0 Å². The molecule has 0 bridgehead atoms. The van der Waals surface area contributed by atoms with Crippen LogP contribution in [0.1, 0.15) is 5.56 Å². The van der Waals surface area contributed by atoms with Crippen LogP contribution in [0.4, 0.5) is 0 Å². The summed E-state index contributed by atoms with van der Waals surface area (Å²) in [5.74, 6) is 0. The van der Waals surface area contributed by atoms with E-state index in [2.05, 4.69) is 132 Å². The molecule has 0 saturated heterocycles. The van der Waals surface area contributed by atoms with Crippen molar-refractivity contribution >= 4 is 50.3 Å². The minimum atomic E-state index is 1.05. The van der Waals surface area contributed by atoms with Crippen molar-refractivity contribution < 1.29 is 4.99 Å². The van der Waals surface area contributed by atoms with Gasteiger partial charge in [0, 0.05) is 11.8 Å². The predicted molar refractivity (Wildman–Crippen MR) is 171 cm³/mol. The molecule has 2 nitrogen and oxygen atoms in total. The lowest BCUT2D eigenvalue weighted by atomic mass is 9.84. The fourth-order valence-corrected chi connectivity index (χ4v) is 5.88. The van der Waals surface area contributed by atoms with Crippen LogP contribution < -0.4 is 4.99 Å². The third-order valence-corrected chi connectivity index (χ3v) is 7.70. The largest absolute Gasteiger partial charge is 0.309 e. The number of hydrogen-bond acceptors (Lipinski definition) is 1. The van der Waals surface area contributed by atoms with Crippen LogP contribution in [0.5, 0.6) is 0 Å². The molecule has 1 aliphatic heterocycles. The van der Waals surface area contributed by atoms with Crippen LogP contribution >= 0.6 is 0 Å². The van der Waals surface area contributed by atoms with Gasteiger partial charge < -0.3 is 5.41 Å². The van der Waals surface area contributed by atoms with Crippen molar-refractivity contribution in [2.75, 3.05) is 0 Å². The summed E-state index contributed by atoms with van der Waals surface area (Å²) in [4.78, 5) is 3.26. The Morgan fingerprint density at radius 1 is 0.575 bits per heavy atom. The highest BCUT2D eigenvalue weighted by Gasteiger charge is 2.19. The van der Waals surface area contributed by atoms with Crippen LogP contribution in [-0.2, 0) is 0 Å². The molecule has 2 N–H and O–H groups in total. The summed E-state index contributed by atoms with van der Waals surface area (Å²) in [5.41, 5.74) is 8.25. The smallest absolute Gasteiger partial charge is 0.216 e. The highest BCUT2D eigenvalue weighted by Crippen LogP contribution is 2.45. The number of nitrogens with one attached hydrogen (secondary N) is 2. The van der Waals surface area contributed by atoms with Crippen LogP contribution in [-0.4, -0.2) is 11.9 Å². The number of rotatable bonds is 6. The monoisotopic (exact) mass is 511 g/mol. The fourth-order valence-electron chi connectivity index (χ4n) is 5.88. The van der Waals surface area contributed by atoms with Gasteiger partial charge in [0.25, 0.3) is 0 Å². The van der Waals surface area contributed by atoms with E-state index in [1.54, 1.807) is 6.08 Å². The van der Waals surface area contributed by atoms with Crippen LogP contribution in [0.25, 0.3) is 60.6 Å². The van der Waals surface area contributed by atoms with Crippen molar-refractivity contribution in [3.8, 4) is 22.3 Å². The van der Waals surface area contributed by atoms with Crippen LogP contribution in [0.3, 0.4) is 0 Å². The Kier molecular flexibility index (Phi) is 5.99. The number of fused-ring (bicyclic) bond motifs is 3. The first kappa shape index (κ1) is 23.8. The van der Waals surface area contributed by atoms with E-state index in [1.807, 2.05) is 12.3 Å². The van der Waals surface area contributed by atoms with Gasteiger partial charge in [-0.05, 0) is 78.4 Å². The molecule has 0 aliphatic carbocycles. The summed E-state index contributed by atoms with van der Waals surface area (Å²) in [6.07, 6.45) is 11.2. The maximum atomic E-state index is 7.46. The Labute approximate surface area is 233 Å². The van der Waals surface area contributed by atoms with Gasteiger partial charge in [0.2, 0.25) is 5.71 Å². The van der Waals surface area contributed by atoms with Crippen molar-refractivity contribution in [3.05, 3.63) is 151 Å². The summed E-state index contributed by atoms with van der Waals surface area (Å²) < 4.78 is 0. The van der Waals surface area contributed by atoms with E-state index in [9.17, 15) is 0 Å². The third kappa shape index (κ3) is 3.98. The lowest BCUT2D eigenvalue weighted by Gasteiger charge is -2.19. The zero-order valence-electron chi connectivity index (χ0n) is 21.9. The second-order valence-corrected chi connectivity index (χ2v) is 9.97. The van der Waals surface area contributed by atoms with E-state index in [1.165, 1.54) is 60.8 Å². The minimum Gasteiger partial charge on any atom is -0.309 e. The molecule has 0 fully saturated rings. The average Bonchev–Trinajstić information content (AvgIpc) is 2.98. The molecular weight excluding hydrogens is 484 g/mol. The Balaban J connectivity index is 1.54. The molecule has 7 rings (SSSR count). The van der Waals surface area contributed by atoms with E-state index in [-0.39, 0.29) is 0 Å². The van der Waals surface area contributed by atoms with Gasteiger partial charge in [0.1, 0.15) is 0 Å². The van der Waals surface area contributed by atoms with E-state index in [0.29, 0.717) is 0 Å². The van der Waals surface area contributed by atoms with Crippen molar-refractivity contribution in [2.24, 2.45) is 0 Å². The summed E-state index contributed by atoms with van der Waals surface area (Å²) >= 11 is 0. The lowest BCUT2D eigenvalue weighted by molar-refractivity contribution is -0.383. The lowest BCUT2D eigenvalue weighted by Crippen LogP contribution is -2.71. The summed E-state index contributed by atoms with van der Waals surface area (Å²) in [7, 11) is 0. The summed E-state index contributed by atoms with van der Waals surface area (Å²) in [6.45, 7) is 0. The van der Waals surface area contributed by atoms with Crippen LogP contribution in [0.15, 0.2) is 145 Å². The third-order valence-electron chi connectivity index (χ3n) is 7.70. The molecule has 0 atom stereocenters. The normalized spacial score (nSPS) is 13.2. The molecule has 6 aromatic carbocycles. The fraction of sp³-hybridized carbons (Fsp3) is 0. The van der Waals surface area contributed by atoms with Crippen molar-refractivity contribution in [1.29, 1.82) is 5.41 Å². The molecule has 1 aliphatic rings. The molecule has 1 heterocycles. The number of hydrogen-bond donors (Lipinski definition) is 2. The molecule has 0 aromatic heterocycles. The maximum absolute atomic E-state index is 7.46. The van der Waals surface area contributed by atoms with Crippen molar-refractivity contribution in [3.63, 3.8) is 0 Å². The first-order valence-corrected chi connectivity index (χ1v) is 13.5. The number of allylic oxidation sites excluding steroid dienone is 4. The molecule has 0 radical (unpaired) electrons. The first-order valence-electron chi connectivity index (χ1n) is 13.5. The van der Waals surface area contributed by atoms with Crippen LogP contribution in [0, 0.1) is 5.41 Å². The first-order chi connectivity index (χ1) is 19.8. The SMILES string of the molecule is N=C/C=C\C(=C\c1ccc(-c2c3ccccc3c(-c3ccccc3)c3ccccc23)c2ccccc12)C1=[NH+]C=C1. The number of benzene rings is 6.